The third-order valence-corrected chi connectivity index (χ3v) is 9.42. The lowest BCUT2D eigenvalue weighted by atomic mass is 9.78. The zero-order valence-corrected chi connectivity index (χ0v) is 20.4. The van der Waals surface area contributed by atoms with Crippen molar-refractivity contribution in [3.63, 3.8) is 0 Å². The quantitative estimate of drug-likeness (QED) is 0.580. The van der Waals surface area contributed by atoms with Gasteiger partial charge < -0.3 is 14.2 Å². The normalized spacial score (nSPS) is 43.3. The van der Waals surface area contributed by atoms with Crippen molar-refractivity contribution in [1.29, 1.82) is 0 Å². The van der Waals surface area contributed by atoms with Crippen LogP contribution in [0.3, 0.4) is 0 Å². The molecule has 5 heteroatoms. The van der Waals surface area contributed by atoms with Crippen LogP contribution in [0, 0.1) is 29.6 Å². The van der Waals surface area contributed by atoms with E-state index in [9.17, 15) is 4.21 Å². The van der Waals surface area contributed by atoms with E-state index in [1.807, 2.05) is 30.3 Å². The van der Waals surface area contributed by atoms with Gasteiger partial charge in [-0.05, 0) is 48.6 Å². The first kappa shape index (κ1) is 23.9. The van der Waals surface area contributed by atoms with Gasteiger partial charge in [0.1, 0.15) is 5.44 Å². The van der Waals surface area contributed by atoms with Crippen LogP contribution < -0.4 is 0 Å². The van der Waals surface area contributed by atoms with E-state index in [1.54, 1.807) is 0 Å². The fourth-order valence-corrected chi connectivity index (χ4v) is 6.57. The molecule has 2 fully saturated rings. The average molecular weight is 437 g/mol. The van der Waals surface area contributed by atoms with Crippen LogP contribution in [0.25, 0.3) is 0 Å². The van der Waals surface area contributed by atoms with E-state index in [4.69, 9.17) is 14.2 Å². The third-order valence-electron chi connectivity index (χ3n) is 7.72. The molecule has 0 N–H and O–H groups in total. The number of hydrogen-bond acceptors (Lipinski definition) is 4. The van der Waals surface area contributed by atoms with Crippen molar-refractivity contribution >= 4 is 10.8 Å². The van der Waals surface area contributed by atoms with Crippen molar-refractivity contribution in [1.82, 2.24) is 0 Å². The zero-order chi connectivity index (χ0) is 22.0. The maximum Gasteiger partial charge on any atom is 0.161 e. The first-order chi connectivity index (χ1) is 14.3. The topological polar surface area (TPSA) is 44.8 Å². The minimum absolute atomic E-state index is 0.0559. The van der Waals surface area contributed by atoms with Gasteiger partial charge in [-0.3, -0.25) is 4.21 Å². The highest BCUT2D eigenvalue weighted by Crippen LogP contribution is 2.41. The first-order valence-corrected chi connectivity index (χ1v) is 12.9. The molecule has 2 aliphatic heterocycles. The Kier molecular flexibility index (Phi) is 8.16. The first-order valence-electron chi connectivity index (χ1n) is 11.7. The summed E-state index contributed by atoms with van der Waals surface area (Å²) >= 11 is 0. The second kappa shape index (κ2) is 10.2. The van der Waals surface area contributed by atoms with Crippen molar-refractivity contribution in [2.24, 2.45) is 29.6 Å². The monoisotopic (exact) mass is 436 g/mol. The van der Waals surface area contributed by atoms with Gasteiger partial charge in [-0.1, -0.05) is 66.7 Å². The Bertz CT molecular complexity index is 692. The lowest BCUT2D eigenvalue weighted by Gasteiger charge is -2.49. The molecule has 0 aromatic heterocycles. The molecule has 0 amide bonds. The summed E-state index contributed by atoms with van der Waals surface area (Å²) in [7, 11) is -1.20. The van der Waals surface area contributed by atoms with Gasteiger partial charge in [-0.25, -0.2) is 0 Å². The van der Waals surface area contributed by atoms with E-state index >= 15 is 0 Å². The van der Waals surface area contributed by atoms with Gasteiger partial charge in [0.05, 0.1) is 29.1 Å². The summed E-state index contributed by atoms with van der Waals surface area (Å²) in [5, 5.41) is 0. The predicted octanol–water partition coefficient (Wildman–Crippen LogP) is 5.63. The van der Waals surface area contributed by atoms with E-state index in [-0.39, 0.29) is 41.9 Å². The number of hydrogen-bond donors (Lipinski definition) is 0. The summed E-state index contributed by atoms with van der Waals surface area (Å²) in [6, 6.07) is 9.66. The van der Waals surface area contributed by atoms with Crippen molar-refractivity contribution in [2.45, 2.75) is 96.2 Å². The predicted molar refractivity (Wildman–Crippen MR) is 121 cm³/mol. The fraction of sp³-hybridized carbons (Fsp3) is 0.760. The smallest absolute Gasteiger partial charge is 0.161 e. The molecule has 11 unspecified atom stereocenters. The van der Waals surface area contributed by atoms with Crippen molar-refractivity contribution in [3.05, 3.63) is 30.3 Å². The summed E-state index contributed by atoms with van der Waals surface area (Å²) in [6.45, 7) is 15.5. The van der Waals surface area contributed by atoms with Crippen LogP contribution in [0.5, 0.6) is 0 Å². The summed E-state index contributed by atoms with van der Waals surface area (Å²) < 4.78 is 32.8. The second-order valence-corrected chi connectivity index (χ2v) is 10.9. The maximum absolute atomic E-state index is 13.2. The molecule has 30 heavy (non-hydrogen) atoms. The Hall–Kier alpha value is -0.750. The van der Waals surface area contributed by atoms with Crippen LogP contribution in [0.15, 0.2) is 35.2 Å². The molecule has 0 saturated carbocycles. The van der Waals surface area contributed by atoms with Crippen LogP contribution in [0.4, 0.5) is 0 Å². The zero-order valence-electron chi connectivity index (χ0n) is 19.6. The fourth-order valence-electron chi connectivity index (χ4n) is 5.00. The summed E-state index contributed by atoms with van der Waals surface area (Å²) in [5.74, 6) is 1.76. The highest BCUT2D eigenvalue weighted by Gasteiger charge is 2.47. The van der Waals surface area contributed by atoms with Crippen LogP contribution >= 0.6 is 0 Å². The van der Waals surface area contributed by atoms with Crippen molar-refractivity contribution in [2.75, 3.05) is 0 Å². The van der Waals surface area contributed by atoms with Crippen molar-refractivity contribution in [3.8, 4) is 0 Å². The highest BCUT2D eigenvalue weighted by molar-refractivity contribution is 7.85. The van der Waals surface area contributed by atoms with E-state index in [0.717, 1.165) is 17.7 Å². The van der Waals surface area contributed by atoms with Gasteiger partial charge in [0.2, 0.25) is 0 Å². The van der Waals surface area contributed by atoms with E-state index in [1.165, 1.54) is 0 Å². The Morgan fingerprint density at radius 2 is 1.43 bits per heavy atom. The molecule has 0 radical (unpaired) electrons. The minimum Gasteiger partial charge on any atom is -0.358 e. The summed E-state index contributed by atoms with van der Waals surface area (Å²) in [4.78, 5) is 0.827. The molecular formula is C25H40O4S. The van der Waals surface area contributed by atoms with Crippen LogP contribution in [0.2, 0.25) is 0 Å². The maximum atomic E-state index is 13.2. The van der Waals surface area contributed by atoms with Crippen LogP contribution in [0.1, 0.15) is 61.3 Å². The molecule has 170 valence electrons. The lowest BCUT2D eigenvalue weighted by Crippen LogP contribution is -2.55. The van der Waals surface area contributed by atoms with E-state index in [2.05, 4.69) is 48.5 Å². The molecule has 0 bridgehead atoms. The number of rotatable bonds is 6. The standard InChI is InChI=1S/C25H40O4S/c1-8-21-16(4)15(3)18(6)24(27-21)29-23-17(5)19(7)25(28-22(23)9-2)30(26)20-13-11-10-12-14-20/h10-19,21-25H,8-9H2,1-7H3. The Labute approximate surface area is 185 Å². The van der Waals surface area contributed by atoms with Gasteiger partial charge in [-0.15, -0.1) is 0 Å². The third kappa shape index (κ3) is 4.69. The molecule has 3 rings (SSSR count). The van der Waals surface area contributed by atoms with Crippen LogP contribution in [-0.2, 0) is 25.0 Å². The molecule has 0 spiro atoms. The van der Waals surface area contributed by atoms with Gasteiger partial charge in [0, 0.05) is 10.8 Å². The number of benzene rings is 1. The molecule has 11 atom stereocenters. The second-order valence-electron chi connectivity index (χ2n) is 9.41. The van der Waals surface area contributed by atoms with Crippen LogP contribution in [-0.4, -0.2) is 34.2 Å². The Morgan fingerprint density at radius 1 is 0.800 bits per heavy atom. The SMILES string of the molecule is CCC1OC(OC2C(CC)OC(S(=O)c3ccccc3)C(C)C2C)C(C)C(C)C1C. The average Bonchev–Trinajstić information content (AvgIpc) is 2.77. The minimum atomic E-state index is -1.20. The van der Waals surface area contributed by atoms with Gasteiger partial charge in [0.25, 0.3) is 0 Å². The summed E-state index contributed by atoms with van der Waals surface area (Å²) in [6.07, 6.45) is 1.71. The molecule has 2 aliphatic rings. The van der Waals surface area contributed by atoms with Gasteiger partial charge in [-0.2, -0.15) is 0 Å². The molecule has 2 heterocycles. The number of ether oxygens (including phenoxy) is 3. The molecule has 1 aromatic carbocycles. The van der Waals surface area contributed by atoms with Crippen molar-refractivity contribution < 1.29 is 18.4 Å². The highest BCUT2D eigenvalue weighted by atomic mass is 32.2. The van der Waals surface area contributed by atoms with Gasteiger partial charge in [0.15, 0.2) is 6.29 Å². The molecule has 4 nitrogen and oxygen atoms in total. The molecule has 1 aromatic rings. The largest absolute Gasteiger partial charge is 0.358 e. The lowest BCUT2D eigenvalue weighted by molar-refractivity contribution is -0.295. The Balaban J connectivity index is 1.76. The van der Waals surface area contributed by atoms with E-state index < -0.39 is 10.8 Å². The molecular weight excluding hydrogens is 396 g/mol. The van der Waals surface area contributed by atoms with E-state index in [0.29, 0.717) is 17.8 Å². The summed E-state index contributed by atoms with van der Waals surface area (Å²) in [5.41, 5.74) is -0.320. The molecule has 0 aliphatic carbocycles. The Morgan fingerprint density at radius 3 is 2.03 bits per heavy atom. The van der Waals surface area contributed by atoms with Gasteiger partial charge >= 0.3 is 0 Å². The molecule has 2 saturated heterocycles.